The third kappa shape index (κ3) is 4.94. The van der Waals surface area contributed by atoms with Crippen molar-refractivity contribution in [3.05, 3.63) is 59.0 Å². The maximum Gasteiger partial charge on any atom is 0.416 e. The molecule has 0 N–H and O–H groups in total. The Morgan fingerprint density at radius 3 is 2.64 bits per heavy atom. The largest absolute Gasteiger partial charge is 0.452 e. The maximum atomic E-state index is 12.8. The number of likely N-dealkylation sites (tertiary alicyclic amines) is 1. The standard InChI is InChI=1S/C20H21F3N2O3/c1-14(15-6-5-7-16(12-15)20(21,22)23)24-27-13-17-8-9-18(28-17)19(26)25-10-3-2-4-11-25/h5-9,12H,2-4,10-11,13H2,1H3. The molecule has 0 bridgehead atoms. The highest BCUT2D eigenvalue weighted by Crippen LogP contribution is 2.29. The van der Waals surface area contributed by atoms with Gasteiger partial charge in [0.1, 0.15) is 5.76 Å². The molecular weight excluding hydrogens is 373 g/mol. The summed E-state index contributed by atoms with van der Waals surface area (Å²) in [6.07, 6.45) is -1.30. The van der Waals surface area contributed by atoms with Crippen LogP contribution in [0.5, 0.6) is 0 Å². The molecule has 28 heavy (non-hydrogen) atoms. The average Bonchev–Trinajstić information content (AvgIpc) is 3.16. The van der Waals surface area contributed by atoms with E-state index >= 15 is 0 Å². The fraction of sp³-hybridized carbons (Fsp3) is 0.400. The third-order valence-electron chi connectivity index (χ3n) is 4.53. The molecule has 1 aliphatic rings. The van der Waals surface area contributed by atoms with E-state index in [4.69, 9.17) is 9.25 Å². The predicted octanol–water partition coefficient (Wildman–Crippen LogP) is 4.87. The van der Waals surface area contributed by atoms with Crippen LogP contribution in [0.2, 0.25) is 0 Å². The van der Waals surface area contributed by atoms with Gasteiger partial charge in [-0.15, -0.1) is 0 Å². The molecule has 0 saturated carbocycles. The number of benzene rings is 1. The van der Waals surface area contributed by atoms with Gasteiger partial charge in [0.15, 0.2) is 12.4 Å². The van der Waals surface area contributed by atoms with Gasteiger partial charge in [-0.25, -0.2) is 0 Å². The number of nitrogens with zero attached hydrogens (tertiary/aromatic N) is 2. The number of amides is 1. The summed E-state index contributed by atoms with van der Waals surface area (Å²) >= 11 is 0. The topological polar surface area (TPSA) is 55.0 Å². The molecule has 1 fully saturated rings. The molecule has 0 spiro atoms. The second-order valence-corrected chi connectivity index (χ2v) is 6.65. The van der Waals surface area contributed by atoms with Crippen molar-refractivity contribution < 1.29 is 27.2 Å². The van der Waals surface area contributed by atoms with E-state index in [0.717, 1.165) is 44.5 Å². The van der Waals surface area contributed by atoms with Gasteiger partial charge in [-0.2, -0.15) is 13.2 Å². The molecule has 8 heteroatoms. The molecule has 0 atom stereocenters. The molecule has 2 aromatic rings. The van der Waals surface area contributed by atoms with Crippen LogP contribution in [0.1, 0.15) is 53.6 Å². The fourth-order valence-corrected chi connectivity index (χ4v) is 2.99. The SMILES string of the molecule is CC(=NOCc1ccc(C(=O)N2CCCCC2)o1)c1cccc(C(F)(F)F)c1. The van der Waals surface area contributed by atoms with Gasteiger partial charge in [-0.05, 0) is 56.0 Å². The zero-order valence-corrected chi connectivity index (χ0v) is 15.5. The monoisotopic (exact) mass is 394 g/mol. The molecule has 0 aliphatic carbocycles. The molecule has 1 amide bonds. The molecule has 5 nitrogen and oxygen atoms in total. The van der Waals surface area contributed by atoms with Crippen LogP contribution in [0.25, 0.3) is 0 Å². The number of hydrogen-bond donors (Lipinski definition) is 0. The normalized spacial score (nSPS) is 15.6. The second kappa shape index (κ2) is 8.50. The van der Waals surface area contributed by atoms with Gasteiger partial charge in [0, 0.05) is 13.1 Å². The Kier molecular flexibility index (Phi) is 6.06. The minimum absolute atomic E-state index is 0.0242. The molecule has 150 valence electrons. The Labute approximate surface area is 160 Å². The van der Waals surface area contributed by atoms with Gasteiger partial charge >= 0.3 is 6.18 Å². The van der Waals surface area contributed by atoms with Crippen molar-refractivity contribution >= 4 is 11.6 Å². The van der Waals surface area contributed by atoms with E-state index in [0.29, 0.717) is 17.0 Å². The van der Waals surface area contributed by atoms with Crippen LogP contribution in [-0.2, 0) is 17.6 Å². The smallest absolute Gasteiger partial charge is 0.416 e. The van der Waals surface area contributed by atoms with Crippen molar-refractivity contribution in [2.24, 2.45) is 5.16 Å². The Balaban J connectivity index is 1.59. The lowest BCUT2D eigenvalue weighted by Crippen LogP contribution is -2.35. The van der Waals surface area contributed by atoms with E-state index in [9.17, 15) is 18.0 Å². The van der Waals surface area contributed by atoms with Gasteiger partial charge in [-0.1, -0.05) is 17.3 Å². The number of furan rings is 1. The van der Waals surface area contributed by atoms with Crippen LogP contribution < -0.4 is 0 Å². The summed E-state index contributed by atoms with van der Waals surface area (Å²) in [5, 5.41) is 3.85. The summed E-state index contributed by atoms with van der Waals surface area (Å²) in [5.41, 5.74) is -0.121. The van der Waals surface area contributed by atoms with Gasteiger partial charge in [0.2, 0.25) is 0 Å². The van der Waals surface area contributed by atoms with Crippen LogP contribution in [0.3, 0.4) is 0 Å². The molecule has 1 saturated heterocycles. The number of oxime groups is 1. The highest BCUT2D eigenvalue weighted by atomic mass is 19.4. The van der Waals surface area contributed by atoms with Crippen molar-refractivity contribution in [3.63, 3.8) is 0 Å². The van der Waals surface area contributed by atoms with E-state index in [1.54, 1.807) is 24.0 Å². The van der Waals surface area contributed by atoms with Crippen molar-refractivity contribution in [1.82, 2.24) is 4.90 Å². The predicted molar refractivity (Wildman–Crippen MR) is 96.9 cm³/mol. The number of piperidine rings is 1. The van der Waals surface area contributed by atoms with E-state index in [1.807, 2.05) is 0 Å². The third-order valence-corrected chi connectivity index (χ3v) is 4.53. The fourth-order valence-electron chi connectivity index (χ4n) is 2.99. The molecule has 2 heterocycles. The lowest BCUT2D eigenvalue weighted by Gasteiger charge is -2.25. The maximum absolute atomic E-state index is 12.8. The first-order valence-corrected chi connectivity index (χ1v) is 9.07. The average molecular weight is 394 g/mol. The first kappa shape index (κ1) is 20.0. The van der Waals surface area contributed by atoms with Crippen molar-refractivity contribution in [3.8, 4) is 0 Å². The van der Waals surface area contributed by atoms with Crippen LogP contribution in [0.4, 0.5) is 13.2 Å². The lowest BCUT2D eigenvalue weighted by molar-refractivity contribution is -0.137. The Hall–Kier alpha value is -2.77. The van der Waals surface area contributed by atoms with Gasteiger partial charge in [-0.3, -0.25) is 4.79 Å². The summed E-state index contributed by atoms with van der Waals surface area (Å²) in [4.78, 5) is 19.3. The number of halogens is 3. The number of carbonyl (C=O) groups is 1. The second-order valence-electron chi connectivity index (χ2n) is 6.65. The van der Waals surface area contributed by atoms with E-state index in [-0.39, 0.29) is 18.3 Å². The summed E-state index contributed by atoms with van der Waals surface area (Å²) < 4.78 is 43.9. The lowest BCUT2D eigenvalue weighted by atomic mass is 10.1. The quantitative estimate of drug-likeness (QED) is 0.537. The summed E-state index contributed by atoms with van der Waals surface area (Å²) in [6, 6.07) is 8.10. The van der Waals surface area contributed by atoms with Crippen LogP contribution in [0.15, 0.2) is 46.0 Å². The van der Waals surface area contributed by atoms with Crippen molar-refractivity contribution in [2.45, 2.75) is 39.0 Å². The molecule has 1 aromatic carbocycles. The van der Waals surface area contributed by atoms with Crippen LogP contribution in [-0.4, -0.2) is 29.6 Å². The summed E-state index contributed by atoms with van der Waals surface area (Å²) in [6.45, 7) is 2.99. The minimum atomic E-state index is -4.41. The summed E-state index contributed by atoms with van der Waals surface area (Å²) in [7, 11) is 0. The zero-order chi connectivity index (χ0) is 20.1. The van der Waals surface area contributed by atoms with E-state index in [2.05, 4.69) is 5.16 Å². The Bertz CT molecular complexity index is 852. The molecule has 0 unspecified atom stereocenters. The Morgan fingerprint density at radius 1 is 1.18 bits per heavy atom. The van der Waals surface area contributed by atoms with E-state index in [1.165, 1.54) is 12.1 Å². The zero-order valence-electron chi connectivity index (χ0n) is 15.5. The highest BCUT2D eigenvalue weighted by molar-refractivity contribution is 5.98. The van der Waals surface area contributed by atoms with Crippen LogP contribution in [0, 0.1) is 0 Å². The van der Waals surface area contributed by atoms with Crippen LogP contribution >= 0.6 is 0 Å². The molecule has 1 aliphatic heterocycles. The summed E-state index contributed by atoms with van der Waals surface area (Å²) in [5.74, 6) is 0.523. The van der Waals surface area contributed by atoms with Gasteiger partial charge in [0.25, 0.3) is 5.91 Å². The Morgan fingerprint density at radius 2 is 1.93 bits per heavy atom. The molecule has 3 rings (SSSR count). The first-order valence-electron chi connectivity index (χ1n) is 9.07. The van der Waals surface area contributed by atoms with E-state index < -0.39 is 11.7 Å². The number of carbonyl (C=O) groups excluding carboxylic acids is 1. The minimum Gasteiger partial charge on any atom is -0.452 e. The molecule has 0 radical (unpaired) electrons. The first-order chi connectivity index (χ1) is 13.3. The van der Waals surface area contributed by atoms with Gasteiger partial charge < -0.3 is 14.2 Å². The van der Waals surface area contributed by atoms with Crippen molar-refractivity contribution in [2.75, 3.05) is 13.1 Å². The number of hydrogen-bond acceptors (Lipinski definition) is 4. The van der Waals surface area contributed by atoms with Crippen molar-refractivity contribution in [1.29, 1.82) is 0 Å². The molecule has 1 aromatic heterocycles. The highest BCUT2D eigenvalue weighted by Gasteiger charge is 2.30. The number of rotatable bonds is 5. The van der Waals surface area contributed by atoms with Gasteiger partial charge in [0.05, 0.1) is 11.3 Å². The molecular formula is C20H21F3N2O3. The number of alkyl halides is 3.